The van der Waals surface area contributed by atoms with Gasteiger partial charge in [-0.1, -0.05) is 18.2 Å². The second-order valence-electron chi connectivity index (χ2n) is 3.15. The van der Waals surface area contributed by atoms with E-state index in [9.17, 15) is 9.90 Å². The molecule has 0 heterocycles. The predicted octanol–water partition coefficient (Wildman–Crippen LogP) is 2.08. The molecule has 3 nitrogen and oxygen atoms in total. The van der Waals surface area contributed by atoms with Crippen LogP contribution < -0.4 is 0 Å². The third-order valence-electron chi connectivity index (χ3n) is 2.11. The van der Waals surface area contributed by atoms with Gasteiger partial charge >= 0.3 is 5.97 Å². The first-order chi connectivity index (χ1) is 7.19. The molecule has 0 saturated carbocycles. The molecule has 0 amide bonds. The molecule has 0 fully saturated rings. The Labute approximate surface area is 89.0 Å². The molecule has 0 aliphatic rings. The molecule has 0 saturated heterocycles. The van der Waals surface area contributed by atoms with Crippen LogP contribution in [0.4, 0.5) is 0 Å². The molecule has 3 heteroatoms. The standard InChI is InChI=1S/C12H14O3/c1-3-4-11(13)9-5-7-10(8-6-9)12(14)15-2/h3,5-8,11,13H,1,4H2,2H3. The molecule has 0 spiro atoms. The van der Waals surface area contributed by atoms with Gasteiger partial charge in [0.05, 0.1) is 18.8 Å². The lowest BCUT2D eigenvalue weighted by molar-refractivity contribution is 0.0600. The number of rotatable bonds is 4. The van der Waals surface area contributed by atoms with E-state index in [0.717, 1.165) is 5.56 Å². The Hall–Kier alpha value is -1.61. The minimum Gasteiger partial charge on any atom is -0.465 e. The van der Waals surface area contributed by atoms with Gasteiger partial charge in [0.25, 0.3) is 0 Å². The summed E-state index contributed by atoms with van der Waals surface area (Å²) in [6.45, 7) is 3.55. The highest BCUT2D eigenvalue weighted by molar-refractivity contribution is 5.89. The SMILES string of the molecule is C=CCC(O)c1ccc(C(=O)OC)cc1. The number of aliphatic hydroxyl groups excluding tert-OH is 1. The molecule has 1 rings (SSSR count). The topological polar surface area (TPSA) is 46.5 Å². The summed E-state index contributed by atoms with van der Waals surface area (Å²) in [6.07, 6.45) is 1.59. The highest BCUT2D eigenvalue weighted by Gasteiger charge is 2.08. The number of esters is 1. The van der Waals surface area contributed by atoms with Crippen molar-refractivity contribution in [3.8, 4) is 0 Å². The molecule has 0 aliphatic carbocycles. The van der Waals surface area contributed by atoms with Crippen molar-refractivity contribution in [1.29, 1.82) is 0 Å². The molecule has 0 aliphatic heterocycles. The van der Waals surface area contributed by atoms with Crippen LogP contribution >= 0.6 is 0 Å². The van der Waals surface area contributed by atoms with Gasteiger partial charge in [-0.15, -0.1) is 6.58 Å². The monoisotopic (exact) mass is 206 g/mol. The van der Waals surface area contributed by atoms with Crippen molar-refractivity contribution >= 4 is 5.97 Å². The molecule has 1 unspecified atom stereocenters. The minimum atomic E-state index is -0.561. The molecule has 15 heavy (non-hydrogen) atoms. The number of ether oxygens (including phenoxy) is 1. The van der Waals surface area contributed by atoms with E-state index in [2.05, 4.69) is 11.3 Å². The van der Waals surface area contributed by atoms with E-state index < -0.39 is 6.10 Å². The third kappa shape index (κ3) is 2.92. The Balaban J connectivity index is 2.80. The van der Waals surface area contributed by atoms with Gasteiger partial charge < -0.3 is 9.84 Å². The van der Waals surface area contributed by atoms with Crippen LogP contribution in [0, 0.1) is 0 Å². The number of hydrogen-bond acceptors (Lipinski definition) is 3. The van der Waals surface area contributed by atoms with Crippen LogP contribution in [0.1, 0.15) is 28.4 Å². The molecule has 1 aromatic rings. The van der Waals surface area contributed by atoms with Crippen molar-refractivity contribution in [3.63, 3.8) is 0 Å². The van der Waals surface area contributed by atoms with Crippen molar-refractivity contribution < 1.29 is 14.6 Å². The zero-order valence-electron chi connectivity index (χ0n) is 8.64. The second kappa shape index (κ2) is 5.32. The summed E-state index contributed by atoms with van der Waals surface area (Å²) >= 11 is 0. The van der Waals surface area contributed by atoms with Crippen LogP contribution in [0.3, 0.4) is 0 Å². The number of hydrogen-bond donors (Lipinski definition) is 1. The van der Waals surface area contributed by atoms with Gasteiger partial charge in [0.2, 0.25) is 0 Å². The van der Waals surface area contributed by atoms with Gasteiger partial charge in [-0.3, -0.25) is 0 Å². The summed E-state index contributed by atoms with van der Waals surface area (Å²) in [5, 5.41) is 9.62. The largest absolute Gasteiger partial charge is 0.465 e. The lowest BCUT2D eigenvalue weighted by atomic mass is 10.0. The van der Waals surface area contributed by atoms with Gasteiger partial charge in [0, 0.05) is 0 Å². The molecule has 1 atom stereocenters. The fraction of sp³-hybridized carbons (Fsp3) is 0.250. The maximum absolute atomic E-state index is 11.1. The smallest absolute Gasteiger partial charge is 0.337 e. The van der Waals surface area contributed by atoms with Crippen LogP contribution in [0.25, 0.3) is 0 Å². The Morgan fingerprint density at radius 1 is 1.53 bits per heavy atom. The van der Waals surface area contributed by atoms with Crippen molar-refractivity contribution in [3.05, 3.63) is 48.0 Å². The van der Waals surface area contributed by atoms with E-state index in [4.69, 9.17) is 0 Å². The number of carbonyl (C=O) groups is 1. The van der Waals surface area contributed by atoms with Gasteiger partial charge in [-0.05, 0) is 24.1 Å². The Morgan fingerprint density at radius 3 is 2.60 bits per heavy atom. The van der Waals surface area contributed by atoms with E-state index in [1.807, 2.05) is 0 Å². The summed E-state index contributed by atoms with van der Waals surface area (Å²) in [4.78, 5) is 11.1. The number of methoxy groups -OCH3 is 1. The number of aliphatic hydroxyl groups is 1. The average Bonchev–Trinajstić information content (AvgIpc) is 2.28. The second-order valence-corrected chi connectivity index (χ2v) is 3.15. The summed E-state index contributed by atoms with van der Waals surface area (Å²) in [5.74, 6) is -0.375. The number of benzene rings is 1. The first-order valence-corrected chi connectivity index (χ1v) is 4.66. The molecule has 80 valence electrons. The zero-order chi connectivity index (χ0) is 11.3. The van der Waals surface area contributed by atoms with Crippen molar-refractivity contribution in [1.82, 2.24) is 0 Å². The maximum Gasteiger partial charge on any atom is 0.337 e. The maximum atomic E-state index is 11.1. The van der Waals surface area contributed by atoms with E-state index in [-0.39, 0.29) is 5.97 Å². The lowest BCUT2D eigenvalue weighted by Crippen LogP contribution is -2.02. The number of carbonyl (C=O) groups excluding carboxylic acids is 1. The fourth-order valence-electron chi connectivity index (χ4n) is 1.25. The highest BCUT2D eigenvalue weighted by Crippen LogP contribution is 2.17. The van der Waals surface area contributed by atoms with Gasteiger partial charge in [-0.2, -0.15) is 0 Å². The van der Waals surface area contributed by atoms with Crippen LogP contribution in [0.2, 0.25) is 0 Å². The van der Waals surface area contributed by atoms with Gasteiger partial charge in [0.15, 0.2) is 0 Å². The Bertz CT molecular complexity index is 340. The molecular formula is C12H14O3. The van der Waals surface area contributed by atoms with Crippen molar-refractivity contribution in [2.45, 2.75) is 12.5 Å². The van der Waals surface area contributed by atoms with Crippen LogP contribution in [0.5, 0.6) is 0 Å². The van der Waals surface area contributed by atoms with Gasteiger partial charge in [0.1, 0.15) is 0 Å². The van der Waals surface area contributed by atoms with E-state index >= 15 is 0 Å². The molecule has 0 radical (unpaired) electrons. The molecule has 1 aromatic carbocycles. The van der Waals surface area contributed by atoms with Crippen molar-refractivity contribution in [2.75, 3.05) is 7.11 Å². The van der Waals surface area contributed by atoms with Crippen molar-refractivity contribution in [2.24, 2.45) is 0 Å². The van der Waals surface area contributed by atoms with E-state index in [1.54, 1.807) is 30.3 Å². The average molecular weight is 206 g/mol. The molecule has 0 aromatic heterocycles. The van der Waals surface area contributed by atoms with E-state index in [0.29, 0.717) is 12.0 Å². The first-order valence-electron chi connectivity index (χ1n) is 4.66. The van der Waals surface area contributed by atoms with Crippen LogP contribution in [0.15, 0.2) is 36.9 Å². The first kappa shape index (κ1) is 11.5. The highest BCUT2D eigenvalue weighted by atomic mass is 16.5. The minimum absolute atomic E-state index is 0.375. The normalized spacial score (nSPS) is 11.9. The summed E-state index contributed by atoms with van der Waals surface area (Å²) in [5.41, 5.74) is 1.25. The molecular weight excluding hydrogens is 192 g/mol. The predicted molar refractivity (Wildman–Crippen MR) is 57.6 cm³/mol. The molecule has 0 bridgehead atoms. The van der Waals surface area contributed by atoms with E-state index in [1.165, 1.54) is 7.11 Å². The van der Waals surface area contributed by atoms with Gasteiger partial charge in [-0.25, -0.2) is 4.79 Å². The fourth-order valence-corrected chi connectivity index (χ4v) is 1.25. The lowest BCUT2D eigenvalue weighted by Gasteiger charge is -2.08. The third-order valence-corrected chi connectivity index (χ3v) is 2.11. The van der Waals surface area contributed by atoms with Crippen LogP contribution in [-0.4, -0.2) is 18.2 Å². The van der Waals surface area contributed by atoms with Crippen LogP contribution in [-0.2, 0) is 4.74 Å². The quantitative estimate of drug-likeness (QED) is 0.606. The molecule has 1 N–H and O–H groups in total. The Kier molecular flexibility index (Phi) is 4.06. The summed E-state index contributed by atoms with van der Waals surface area (Å²) in [7, 11) is 1.34. The summed E-state index contributed by atoms with van der Waals surface area (Å²) < 4.78 is 4.57. The summed E-state index contributed by atoms with van der Waals surface area (Å²) in [6, 6.07) is 6.68. The Morgan fingerprint density at radius 2 is 2.13 bits per heavy atom. The zero-order valence-corrected chi connectivity index (χ0v) is 8.64.